The van der Waals surface area contributed by atoms with Crippen LogP contribution >= 0.6 is 0 Å². The van der Waals surface area contributed by atoms with Gasteiger partial charge in [-0.25, -0.2) is 4.79 Å². The molecule has 17 heavy (non-hydrogen) atoms. The number of nitro benzene ring substituents is 1. The zero-order valence-electron chi connectivity index (χ0n) is 8.91. The SMILES string of the molecule is C#CC(C)Oc1cc([N+](=O)[O-])ccc1C(=O)O. The summed E-state index contributed by atoms with van der Waals surface area (Å²) < 4.78 is 5.13. The van der Waals surface area contributed by atoms with Crippen LogP contribution in [-0.2, 0) is 0 Å². The third-order valence-corrected chi connectivity index (χ3v) is 1.94. The molecule has 1 aromatic rings. The van der Waals surface area contributed by atoms with Crippen LogP contribution in [0.1, 0.15) is 17.3 Å². The molecule has 1 unspecified atom stereocenters. The van der Waals surface area contributed by atoms with Gasteiger partial charge in [-0.1, -0.05) is 5.92 Å². The zero-order valence-corrected chi connectivity index (χ0v) is 8.91. The number of non-ortho nitro benzene ring substituents is 1. The molecule has 1 aromatic carbocycles. The summed E-state index contributed by atoms with van der Waals surface area (Å²) in [5.41, 5.74) is -0.424. The lowest BCUT2D eigenvalue weighted by Crippen LogP contribution is -2.11. The average molecular weight is 235 g/mol. The molecule has 0 radical (unpaired) electrons. The lowest BCUT2D eigenvalue weighted by atomic mass is 10.2. The molecule has 0 aliphatic rings. The molecule has 0 aliphatic heterocycles. The van der Waals surface area contributed by atoms with Gasteiger partial charge in [0.05, 0.1) is 11.0 Å². The van der Waals surface area contributed by atoms with Crippen molar-refractivity contribution in [2.24, 2.45) is 0 Å². The molecule has 0 amide bonds. The molecule has 0 saturated heterocycles. The lowest BCUT2D eigenvalue weighted by Gasteiger charge is -2.11. The van der Waals surface area contributed by atoms with Gasteiger partial charge in [0.1, 0.15) is 11.3 Å². The summed E-state index contributed by atoms with van der Waals surface area (Å²) >= 11 is 0. The number of benzene rings is 1. The van der Waals surface area contributed by atoms with Gasteiger partial charge in [-0.3, -0.25) is 10.1 Å². The van der Waals surface area contributed by atoms with Gasteiger partial charge in [-0.15, -0.1) is 6.42 Å². The zero-order chi connectivity index (χ0) is 13.0. The lowest BCUT2D eigenvalue weighted by molar-refractivity contribution is -0.384. The number of rotatable bonds is 4. The molecule has 6 nitrogen and oxygen atoms in total. The molecule has 0 fully saturated rings. The summed E-state index contributed by atoms with van der Waals surface area (Å²) in [4.78, 5) is 20.8. The standard InChI is InChI=1S/C11H9NO5/c1-3-7(2)17-10-6-8(12(15)16)4-5-9(10)11(13)14/h1,4-7H,2H3,(H,13,14). The second kappa shape index (κ2) is 4.99. The molecule has 1 rings (SSSR count). The number of carbonyl (C=O) groups is 1. The van der Waals surface area contributed by atoms with Crippen molar-refractivity contribution in [1.29, 1.82) is 0 Å². The van der Waals surface area contributed by atoms with E-state index < -0.39 is 17.0 Å². The van der Waals surface area contributed by atoms with Crippen LogP contribution in [0.3, 0.4) is 0 Å². The minimum absolute atomic E-state index is 0.114. The summed E-state index contributed by atoms with van der Waals surface area (Å²) in [5.74, 6) is 0.893. The number of carboxylic acid groups (broad SMARTS) is 1. The van der Waals surface area contributed by atoms with Crippen molar-refractivity contribution >= 4 is 11.7 Å². The smallest absolute Gasteiger partial charge is 0.339 e. The van der Waals surface area contributed by atoms with Crippen molar-refractivity contribution in [3.8, 4) is 18.1 Å². The predicted molar refractivity (Wildman–Crippen MR) is 59.0 cm³/mol. The first kappa shape index (κ1) is 12.5. The van der Waals surface area contributed by atoms with E-state index in [-0.39, 0.29) is 17.0 Å². The van der Waals surface area contributed by atoms with Gasteiger partial charge in [-0.05, 0) is 13.0 Å². The number of hydrogen-bond donors (Lipinski definition) is 1. The van der Waals surface area contributed by atoms with Crippen LogP contribution in [0.5, 0.6) is 5.75 Å². The first-order valence-corrected chi connectivity index (χ1v) is 4.60. The van der Waals surface area contributed by atoms with Crippen molar-refractivity contribution in [3.63, 3.8) is 0 Å². The summed E-state index contributed by atoms with van der Waals surface area (Å²) in [6, 6.07) is 3.24. The molecule has 6 heteroatoms. The quantitative estimate of drug-likeness (QED) is 0.487. The minimum Gasteiger partial charge on any atom is -0.478 e. The van der Waals surface area contributed by atoms with Crippen LogP contribution in [0.15, 0.2) is 18.2 Å². The van der Waals surface area contributed by atoms with Crippen LogP contribution in [-0.4, -0.2) is 22.1 Å². The van der Waals surface area contributed by atoms with Crippen LogP contribution in [0, 0.1) is 22.5 Å². The highest BCUT2D eigenvalue weighted by atomic mass is 16.6. The summed E-state index contributed by atoms with van der Waals surface area (Å²) in [6.45, 7) is 1.53. The van der Waals surface area contributed by atoms with Crippen LogP contribution in [0.25, 0.3) is 0 Å². The van der Waals surface area contributed by atoms with Gasteiger partial charge < -0.3 is 9.84 Å². The van der Waals surface area contributed by atoms with Crippen LogP contribution in [0.2, 0.25) is 0 Å². The number of terminal acetylenes is 1. The Labute approximate surface area is 97.0 Å². The Kier molecular flexibility index (Phi) is 3.67. The Hall–Kier alpha value is -2.55. The monoisotopic (exact) mass is 235 g/mol. The predicted octanol–water partition coefficient (Wildman–Crippen LogP) is 1.69. The van der Waals surface area contributed by atoms with E-state index in [0.717, 1.165) is 18.2 Å². The Morgan fingerprint density at radius 2 is 2.29 bits per heavy atom. The number of aromatic carboxylic acids is 1. The minimum atomic E-state index is -1.24. The number of hydrogen-bond acceptors (Lipinski definition) is 4. The Balaban J connectivity index is 3.21. The first-order chi connectivity index (χ1) is 7.95. The van der Waals surface area contributed by atoms with E-state index in [0.29, 0.717) is 0 Å². The van der Waals surface area contributed by atoms with Crippen LogP contribution < -0.4 is 4.74 Å². The summed E-state index contributed by atoms with van der Waals surface area (Å²) in [5, 5.41) is 19.4. The summed E-state index contributed by atoms with van der Waals surface area (Å²) in [6.07, 6.45) is 4.42. The number of carboxylic acids is 1. The van der Waals surface area contributed by atoms with E-state index >= 15 is 0 Å². The molecule has 0 aromatic heterocycles. The molecular formula is C11H9NO5. The fourth-order valence-corrected chi connectivity index (χ4v) is 1.12. The molecule has 0 heterocycles. The van der Waals surface area contributed by atoms with Gasteiger partial charge in [0.2, 0.25) is 0 Å². The number of nitro groups is 1. The van der Waals surface area contributed by atoms with Crippen molar-refractivity contribution < 1.29 is 19.6 Å². The molecule has 1 N–H and O–H groups in total. The molecule has 0 aliphatic carbocycles. The highest BCUT2D eigenvalue weighted by Gasteiger charge is 2.17. The molecule has 1 atom stereocenters. The molecule has 0 bridgehead atoms. The molecular weight excluding hydrogens is 226 g/mol. The van der Waals surface area contributed by atoms with Gasteiger partial charge in [-0.2, -0.15) is 0 Å². The van der Waals surface area contributed by atoms with E-state index in [1.807, 2.05) is 0 Å². The largest absolute Gasteiger partial charge is 0.478 e. The van der Waals surface area contributed by atoms with E-state index in [1.165, 1.54) is 6.92 Å². The van der Waals surface area contributed by atoms with Crippen molar-refractivity contribution in [2.75, 3.05) is 0 Å². The maximum atomic E-state index is 10.9. The maximum Gasteiger partial charge on any atom is 0.339 e. The first-order valence-electron chi connectivity index (χ1n) is 4.60. The highest BCUT2D eigenvalue weighted by Crippen LogP contribution is 2.25. The fraction of sp³-hybridized carbons (Fsp3) is 0.182. The number of nitrogens with zero attached hydrogens (tertiary/aromatic N) is 1. The van der Waals surface area contributed by atoms with Crippen molar-refractivity contribution in [2.45, 2.75) is 13.0 Å². The van der Waals surface area contributed by atoms with Gasteiger partial charge in [0, 0.05) is 6.07 Å². The second-order valence-electron chi connectivity index (χ2n) is 3.17. The Bertz CT molecular complexity index is 503. The fourth-order valence-electron chi connectivity index (χ4n) is 1.12. The van der Waals surface area contributed by atoms with Crippen molar-refractivity contribution in [3.05, 3.63) is 33.9 Å². The van der Waals surface area contributed by atoms with E-state index in [2.05, 4.69) is 5.92 Å². The van der Waals surface area contributed by atoms with Gasteiger partial charge in [0.15, 0.2) is 6.10 Å². The van der Waals surface area contributed by atoms with Crippen molar-refractivity contribution in [1.82, 2.24) is 0 Å². The number of ether oxygens (including phenoxy) is 1. The third kappa shape index (κ3) is 2.95. The molecule has 0 saturated carbocycles. The molecule has 88 valence electrons. The van der Waals surface area contributed by atoms with E-state index in [1.54, 1.807) is 0 Å². The molecule has 0 spiro atoms. The summed E-state index contributed by atoms with van der Waals surface area (Å²) in [7, 11) is 0. The third-order valence-electron chi connectivity index (χ3n) is 1.94. The Morgan fingerprint density at radius 1 is 1.65 bits per heavy atom. The highest BCUT2D eigenvalue weighted by molar-refractivity contribution is 5.91. The van der Waals surface area contributed by atoms with Gasteiger partial charge >= 0.3 is 5.97 Å². The van der Waals surface area contributed by atoms with E-state index in [4.69, 9.17) is 16.3 Å². The Morgan fingerprint density at radius 3 is 2.76 bits per heavy atom. The van der Waals surface area contributed by atoms with Crippen LogP contribution in [0.4, 0.5) is 5.69 Å². The topological polar surface area (TPSA) is 89.7 Å². The van der Waals surface area contributed by atoms with E-state index in [9.17, 15) is 14.9 Å². The maximum absolute atomic E-state index is 10.9. The normalized spacial score (nSPS) is 11.3. The second-order valence-corrected chi connectivity index (χ2v) is 3.17. The average Bonchev–Trinajstić information content (AvgIpc) is 2.28. The van der Waals surface area contributed by atoms with Gasteiger partial charge in [0.25, 0.3) is 5.69 Å².